The number of sulfone groups is 1. The Labute approximate surface area is 171 Å². The molecule has 8 nitrogen and oxygen atoms in total. The van der Waals surface area contributed by atoms with Crippen molar-refractivity contribution in [3.63, 3.8) is 0 Å². The highest BCUT2D eigenvalue weighted by Gasteiger charge is 2.23. The Morgan fingerprint density at radius 1 is 1.00 bits per heavy atom. The maximum atomic E-state index is 12.6. The molecule has 0 heterocycles. The third-order valence-electron chi connectivity index (χ3n) is 4.32. The van der Waals surface area contributed by atoms with Gasteiger partial charge in [-0.05, 0) is 48.9 Å². The Hall–Kier alpha value is -2.43. The molecule has 1 amide bonds. The van der Waals surface area contributed by atoms with Crippen molar-refractivity contribution < 1.29 is 26.4 Å². The number of benzene rings is 2. The Morgan fingerprint density at radius 2 is 1.52 bits per heavy atom. The zero-order valence-electron chi connectivity index (χ0n) is 16.6. The molecule has 0 fully saturated rings. The van der Waals surface area contributed by atoms with Crippen LogP contribution in [0.4, 0.5) is 0 Å². The third kappa shape index (κ3) is 5.78. The maximum Gasteiger partial charge on any atom is 0.243 e. The van der Waals surface area contributed by atoms with Gasteiger partial charge in [-0.2, -0.15) is 4.31 Å². The third-order valence-corrected chi connectivity index (χ3v) is 7.27. The van der Waals surface area contributed by atoms with Crippen LogP contribution < -0.4 is 10.1 Å². The van der Waals surface area contributed by atoms with Crippen LogP contribution in [0, 0.1) is 0 Å². The zero-order chi connectivity index (χ0) is 21.8. The van der Waals surface area contributed by atoms with Gasteiger partial charge >= 0.3 is 0 Å². The fourth-order valence-electron chi connectivity index (χ4n) is 2.59. The van der Waals surface area contributed by atoms with E-state index < -0.39 is 31.8 Å². The number of carbonyl (C=O) groups excluding carboxylic acids is 1. The molecule has 0 saturated heterocycles. The first kappa shape index (κ1) is 22.9. The normalized spacial score (nSPS) is 13.1. The first-order valence-corrected chi connectivity index (χ1v) is 12.0. The molecular formula is C19H24N2O6S2. The van der Waals surface area contributed by atoms with Gasteiger partial charge in [-0.1, -0.05) is 12.1 Å². The van der Waals surface area contributed by atoms with Crippen molar-refractivity contribution in [2.24, 2.45) is 0 Å². The summed E-state index contributed by atoms with van der Waals surface area (Å²) in [4.78, 5) is 12.5. The van der Waals surface area contributed by atoms with E-state index in [1.54, 1.807) is 19.1 Å². The van der Waals surface area contributed by atoms with E-state index in [9.17, 15) is 21.6 Å². The molecule has 2 rings (SSSR count). The number of likely N-dealkylation sites (N-methyl/N-ethyl adjacent to an activating group) is 1. The van der Waals surface area contributed by atoms with Crippen LogP contribution in [-0.4, -0.2) is 54.0 Å². The lowest BCUT2D eigenvalue weighted by atomic mass is 10.1. The van der Waals surface area contributed by atoms with Crippen LogP contribution in [0.3, 0.4) is 0 Å². The van der Waals surface area contributed by atoms with E-state index in [4.69, 9.17) is 4.74 Å². The number of nitrogens with zero attached hydrogens (tertiary/aromatic N) is 1. The SMILES string of the molecule is COc1ccc(S(=O)(=O)N(C)CC(=O)N[C@H](C)c2ccc(S(C)(=O)=O)cc2)cc1. The molecule has 1 N–H and O–H groups in total. The van der Waals surface area contributed by atoms with E-state index in [2.05, 4.69) is 5.32 Å². The highest BCUT2D eigenvalue weighted by molar-refractivity contribution is 7.90. The van der Waals surface area contributed by atoms with Crippen molar-refractivity contribution in [2.75, 3.05) is 27.0 Å². The summed E-state index contributed by atoms with van der Waals surface area (Å²) in [5.74, 6) is 0.0457. The van der Waals surface area contributed by atoms with E-state index in [1.165, 1.54) is 50.6 Å². The zero-order valence-corrected chi connectivity index (χ0v) is 18.2. The van der Waals surface area contributed by atoms with Crippen molar-refractivity contribution >= 4 is 25.8 Å². The summed E-state index contributed by atoms with van der Waals surface area (Å²) in [6.07, 6.45) is 1.12. The molecule has 0 unspecified atom stereocenters. The smallest absolute Gasteiger partial charge is 0.243 e. The molecular weight excluding hydrogens is 416 g/mol. The first-order chi connectivity index (χ1) is 13.4. The van der Waals surface area contributed by atoms with Crippen molar-refractivity contribution in [3.05, 3.63) is 54.1 Å². The molecule has 0 spiro atoms. The number of amides is 1. The van der Waals surface area contributed by atoms with E-state index in [0.717, 1.165) is 10.6 Å². The molecule has 0 bridgehead atoms. The van der Waals surface area contributed by atoms with Crippen molar-refractivity contribution in [2.45, 2.75) is 22.8 Å². The van der Waals surface area contributed by atoms with E-state index in [-0.39, 0.29) is 16.3 Å². The second-order valence-electron chi connectivity index (χ2n) is 6.57. The summed E-state index contributed by atoms with van der Waals surface area (Å²) in [6.45, 7) is 1.37. The highest BCUT2D eigenvalue weighted by atomic mass is 32.2. The van der Waals surface area contributed by atoms with Gasteiger partial charge in [0.1, 0.15) is 5.75 Å². The Morgan fingerprint density at radius 3 is 2.00 bits per heavy atom. The van der Waals surface area contributed by atoms with Gasteiger partial charge in [0.25, 0.3) is 0 Å². The summed E-state index contributed by atoms with van der Waals surface area (Å²) in [6, 6.07) is 11.6. The quantitative estimate of drug-likeness (QED) is 0.668. The largest absolute Gasteiger partial charge is 0.497 e. The molecule has 1 atom stereocenters. The average molecular weight is 441 g/mol. The molecule has 2 aromatic rings. The molecule has 158 valence electrons. The van der Waals surface area contributed by atoms with E-state index in [1.807, 2.05) is 0 Å². The second kappa shape index (κ2) is 8.93. The number of ether oxygens (including phenoxy) is 1. The van der Waals surface area contributed by atoms with Gasteiger partial charge in [-0.25, -0.2) is 16.8 Å². The lowest BCUT2D eigenvalue weighted by Gasteiger charge is -2.19. The first-order valence-electron chi connectivity index (χ1n) is 8.65. The van der Waals surface area contributed by atoms with Gasteiger partial charge in [0.05, 0.1) is 29.5 Å². The van der Waals surface area contributed by atoms with Crippen LogP contribution in [0.5, 0.6) is 5.75 Å². The number of hydrogen-bond donors (Lipinski definition) is 1. The Bertz CT molecular complexity index is 1060. The monoisotopic (exact) mass is 440 g/mol. The van der Waals surface area contributed by atoms with Crippen molar-refractivity contribution in [1.29, 1.82) is 0 Å². The Balaban J connectivity index is 2.03. The molecule has 0 saturated carbocycles. The summed E-state index contributed by atoms with van der Waals surface area (Å²) >= 11 is 0. The fraction of sp³-hybridized carbons (Fsp3) is 0.316. The van der Waals surface area contributed by atoms with Gasteiger partial charge in [0, 0.05) is 13.3 Å². The minimum Gasteiger partial charge on any atom is -0.497 e. The summed E-state index contributed by atoms with van der Waals surface area (Å²) in [5.41, 5.74) is 0.700. The lowest BCUT2D eigenvalue weighted by Crippen LogP contribution is -2.39. The predicted molar refractivity (Wildman–Crippen MR) is 109 cm³/mol. The summed E-state index contributed by atoms with van der Waals surface area (Å²) < 4.78 is 54.2. The second-order valence-corrected chi connectivity index (χ2v) is 10.6. The van der Waals surface area contributed by atoms with Crippen LogP contribution in [0.15, 0.2) is 58.3 Å². The highest BCUT2D eigenvalue weighted by Crippen LogP contribution is 2.19. The minimum absolute atomic E-state index is 0.0537. The van der Waals surface area contributed by atoms with E-state index >= 15 is 0 Å². The number of nitrogens with one attached hydrogen (secondary N) is 1. The Kier molecular flexibility index (Phi) is 7.04. The average Bonchev–Trinajstić information content (AvgIpc) is 2.67. The van der Waals surface area contributed by atoms with Crippen LogP contribution >= 0.6 is 0 Å². The van der Waals surface area contributed by atoms with Crippen LogP contribution in [0.25, 0.3) is 0 Å². The molecule has 0 aliphatic heterocycles. The number of methoxy groups -OCH3 is 1. The van der Waals surface area contributed by atoms with Crippen molar-refractivity contribution in [1.82, 2.24) is 9.62 Å². The summed E-state index contributed by atoms with van der Waals surface area (Å²) in [5, 5.41) is 2.71. The van der Waals surface area contributed by atoms with Gasteiger partial charge in [0.15, 0.2) is 9.84 Å². The van der Waals surface area contributed by atoms with Gasteiger partial charge in [-0.15, -0.1) is 0 Å². The maximum absolute atomic E-state index is 12.6. The van der Waals surface area contributed by atoms with Crippen LogP contribution in [-0.2, 0) is 24.7 Å². The molecule has 0 aliphatic rings. The number of sulfonamides is 1. The van der Waals surface area contributed by atoms with Crippen molar-refractivity contribution in [3.8, 4) is 5.75 Å². The summed E-state index contributed by atoms with van der Waals surface area (Å²) in [7, 11) is -4.33. The molecule has 0 aromatic heterocycles. The molecule has 0 radical (unpaired) electrons. The van der Waals surface area contributed by atoms with Crippen LogP contribution in [0.1, 0.15) is 18.5 Å². The number of rotatable bonds is 8. The molecule has 29 heavy (non-hydrogen) atoms. The van der Waals surface area contributed by atoms with Crippen LogP contribution in [0.2, 0.25) is 0 Å². The standard InChI is InChI=1S/C19H24N2O6S2/c1-14(15-5-9-17(10-6-15)28(4,23)24)20-19(22)13-21(2)29(25,26)18-11-7-16(27-3)8-12-18/h5-12,14H,13H2,1-4H3,(H,20,22)/t14-/m1/s1. The number of hydrogen-bond acceptors (Lipinski definition) is 6. The number of carbonyl (C=O) groups is 1. The molecule has 10 heteroatoms. The predicted octanol–water partition coefficient (Wildman–Crippen LogP) is 1.60. The van der Waals surface area contributed by atoms with Gasteiger partial charge in [0.2, 0.25) is 15.9 Å². The van der Waals surface area contributed by atoms with Gasteiger partial charge < -0.3 is 10.1 Å². The minimum atomic E-state index is -3.83. The molecule has 2 aromatic carbocycles. The van der Waals surface area contributed by atoms with E-state index in [0.29, 0.717) is 11.3 Å². The fourth-order valence-corrected chi connectivity index (χ4v) is 4.35. The topological polar surface area (TPSA) is 110 Å². The van der Waals surface area contributed by atoms with Gasteiger partial charge in [-0.3, -0.25) is 4.79 Å². The molecule has 0 aliphatic carbocycles. The lowest BCUT2D eigenvalue weighted by molar-refractivity contribution is -0.121.